The van der Waals surface area contributed by atoms with Gasteiger partial charge in [0.2, 0.25) is 11.8 Å². The second-order valence-corrected chi connectivity index (χ2v) is 7.96. The van der Waals surface area contributed by atoms with Gasteiger partial charge in [0.15, 0.2) is 0 Å². The quantitative estimate of drug-likeness (QED) is 0.789. The van der Waals surface area contributed by atoms with Crippen molar-refractivity contribution in [3.8, 4) is 0 Å². The van der Waals surface area contributed by atoms with Crippen molar-refractivity contribution in [2.75, 3.05) is 31.9 Å². The fourth-order valence-corrected chi connectivity index (χ4v) is 2.87. The van der Waals surface area contributed by atoms with Crippen LogP contribution in [-0.4, -0.2) is 53.4 Å². The first-order chi connectivity index (χ1) is 9.33. The highest BCUT2D eigenvalue weighted by Gasteiger charge is 2.28. The molecule has 0 saturated carbocycles. The number of nitrogens with zero attached hydrogens (tertiary/aromatic N) is 1. The molecule has 2 amide bonds. The average molecular weight is 301 g/mol. The summed E-state index contributed by atoms with van der Waals surface area (Å²) < 4.78 is 0.0867. The molecule has 5 nitrogen and oxygen atoms in total. The number of rotatable bonds is 5. The van der Waals surface area contributed by atoms with Gasteiger partial charge in [0.25, 0.3) is 0 Å². The number of likely N-dealkylation sites (tertiary alicyclic amines) is 1. The van der Waals surface area contributed by atoms with Crippen LogP contribution in [0.5, 0.6) is 0 Å². The maximum atomic E-state index is 12.2. The summed E-state index contributed by atoms with van der Waals surface area (Å²) in [6, 6.07) is 0. The third kappa shape index (κ3) is 6.13. The largest absolute Gasteiger partial charge is 0.355 e. The zero-order chi connectivity index (χ0) is 15.2. The number of nitrogens with one attached hydrogen (secondary N) is 1. The average Bonchev–Trinajstić information content (AvgIpc) is 2.41. The summed E-state index contributed by atoms with van der Waals surface area (Å²) in [5.74, 6) is 0.567. The van der Waals surface area contributed by atoms with Crippen LogP contribution in [0, 0.1) is 5.92 Å². The lowest BCUT2D eigenvalue weighted by Gasteiger charge is -2.32. The Labute approximate surface area is 126 Å². The van der Waals surface area contributed by atoms with Crippen LogP contribution in [0.2, 0.25) is 0 Å². The Hall–Kier alpha value is -0.750. The van der Waals surface area contributed by atoms with E-state index >= 15 is 0 Å². The van der Waals surface area contributed by atoms with Crippen LogP contribution < -0.4 is 11.1 Å². The molecule has 0 bridgehead atoms. The molecule has 3 N–H and O–H groups in total. The van der Waals surface area contributed by atoms with E-state index in [0.29, 0.717) is 25.4 Å². The molecule has 1 fully saturated rings. The molecule has 1 heterocycles. The summed E-state index contributed by atoms with van der Waals surface area (Å²) in [6.07, 6.45) is 1.75. The van der Waals surface area contributed by atoms with E-state index in [0.717, 1.165) is 19.4 Å². The first-order valence-corrected chi connectivity index (χ1v) is 8.21. The summed E-state index contributed by atoms with van der Waals surface area (Å²) in [5.41, 5.74) is 5.38. The van der Waals surface area contributed by atoms with Crippen molar-refractivity contribution in [3.05, 3.63) is 0 Å². The predicted molar refractivity (Wildman–Crippen MR) is 83.6 cm³/mol. The number of hydrogen-bond donors (Lipinski definition) is 2. The second-order valence-electron chi connectivity index (χ2n) is 6.16. The molecular formula is C14H27N3O2S. The van der Waals surface area contributed by atoms with Gasteiger partial charge in [-0.05, 0) is 12.8 Å². The Bertz CT molecular complexity index is 342. The minimum absolute atomic E-state index is 0.0245. The molecule has 1 unspecified atom stereocenters. The smallest absolute Gasteiger partial charge is 0.232 e. The molecule has 116 valence electrons. The molecule has 20 heavy (non-hydrogen) atoms. The molecule has 0 radical (unpaired) electrons. The topological polar surface area (TPSA) is 75.4 Å². The summed E-state index contributed by atoms with van der Waals surface area (Å²) in [5, 5.41) is 2.81. The molecule has 1 aliphatic heterocycles. The van der Waals surface area contributed by atoms with Crippen LogP contribution in [0.3, 0.4) is 0 Å². The minimum Gasteiger partial charge on any atom is -0.355 e. The van der Waals surface area contributed by atoms with Crippen molar-refractivity contribution in [1.82, 2.24) is 10.2 Å². The van der Waals surface area contributed by atoms with Gasteiger partial charge in [0, 0.05) is 30.9 Å². The van der Waals surface area contributed by atoms with Crippen molar-refractivity contribution < 1.29 is 9.59 Å². The SMILES string of the molecule is CC(C)(C)SCC(=O)N1CCCC(C(=O)NCCN)C1. The van der Waals surface area contributed by atoms with E-state index in [2.05, 4.69) is 26.1 Å². The zero-order valence-electron chi connectivity index (χ0n) is 12.8. The van der Waals surface area contributed by atoms with Gasteiger partial charge >= 0.3 is 0 Å². The van der Waals surface area contributed by atoms with Gasteiger partial charge in [-0.25, -0.2) is 0 Å². The van der Waals surface area contributed by atoms with E-state index in [1.54, 1.807) is 11.8 Å². The van der Waals surface area contributed by atoms with Crippen LogP contribution in [0.4, 0.5) is 0 Å². The van der Waals surface area contributed by atoms with Crippen LogP contribution >= 0.6 is 11.8 Å². The van der Waals surface area contributed by atoms with Crippen molar-refractivity contribution in [1.29, 1.82) is 0 Å². The standard InChI is InChI=1S/C14H27N3O2S/c1-14(2,3)20-10-12(18)17-8-4-5-11(9-17)13(19)16-7-6-15/h11H,4-10,15H2,1-3H3,(H,16,19). The van der Waals surface area contributed by atoms with E-state index in [4.69, 9.17) is 5.73 Å². The van der Waals surface area contributed by atoms with Crippen molar-refractivity contribution in [2.45, 2.75) is 38.4 Å². The Morgan fingerprint density at radius 3 is 2.70 bits per heavy atom. The third-order valence-corrected chi connectivity index (χ3v) is 4.47. The van der Waals surface area contributed by atoms with Gasteiger partial charge in [-0.3, -0.25) is 9.59 Å². The predicted octanol–water partition coefficient (Wildman–Crippen LogP) is 0.832. The summed E-state index contributed by atoms with van der Waals surface area (Å²) >= 11 is 1.65. The van der Waals surface area contributed by atoms with Crippen molar-refractivity contribution in [3.63, 3.8) is 0 Å². The Balaban J connectivity index is 2.43. The number of hydrogen-bond acceptors (Lipinski definition) is 4. The summed E-state index contributed by atoms with van der Waals surface area (Å²) in [7, 11) is 0. The molecule has 0 aromatic heterocycles. The molecule has 1 saturated heterocycles. The number of piperidine rings is 1. The highest BCUT2D eigenvalue weighted by molar-refractivity contribution is 8.01. The lowest BCUT2D eigenvalue weighted by molar-refractivity contribution is -0.133. The molecule has 0 spiro atoms. The Kier molecular flexibility index (Phi) is 6.82. The molecule has 0 aliphatic carbocycles. The van der Waals surface area contributed by atoms with E-state index in [9.17, 15) is 9.59 Å². The molecule has 1 aliphatic rings. The van der Waals surface area contributed by atoms with Crippen LogP contribution in [-0.2, 0) is 9.59 Å². The maximum absolute atomic E-state index is 12.2. The zero-order valence-corrected chi connectivity index (χ0v) is 13.6. The summed E-state index contributed by atoms with van der Waals surface area (Å²) in [6.45, 7) is 8.56. The lowest BCUT2D eigenvalue weighted by Crippen LogP contribution is -2.46. The van der Waals surface area contributed by atoms with E-state index in [1.165, 1.54) is 0 Å². The Morgan fingerprint density at radius 2 is 2.10 bits per heavy atom. The number of amides is 2. The summed E-state index contributed by atoms with van der Waals surface area (Å²) in [4.78, 5) is 25.9. The van der Waals surface area contributed by atoms with Gasteiger partial charge in [-0.2, -0.15) is 0 Å². The molecule has 0 aromatic rings. The lowest BCUT2D eigenvalue weighted by atomic mass is 9.97. The number of carbonyl (C=O) groups excluding carboxylic acids is 2. The van der Waals surface area contributed by atoms with Crippen LogP contribution in [0.15, 0.2) is 0 Å². The van der Waals surface area contributed by atoms with Gasteiger partial charge in [-0.1, -0.05) is 20.8 Å². The first kappa shape index (κ1) is 17.3. The molecule has 0 aromatic carbocycles. The van der Waals surface area contributed by atoms with Gasteiger partial charge < -0.3 is 16.0 Å². The highest BCUT2D eigenvalue weighted by atomic mass is 32.2. The van der Waals surface area contributed by atoms with Gasteiger partial charge in [0.05, 0.1) is 11.7 Å². The first-order valence-electron chi connectivity index (χ1n) is 7.23. The van der Waals surface area contributed by atoms with Crippen molar-refractivity contribution in [2.24, 2.45) is 11.7 Å². The van der Waals surface area contributed by atoms with Crippen molar-refractivity contribution >= 4 is 23.6 Å². The highest BCUT2D eigenvalue weighted by Crippen LogP contribution is 2.24. The number of carbonyl (C=O) groups is 2. The maximum Gasteiger partial charge on any atom is 0.232 e. The van der Waals surface area contributed by atoms with E-state index in [1.807, 2.05) is 4.90 Å². The molecule has 1 rings (SSSR count). The van der Waals surface area contributed by atoms with Crippen LogP contribution in [0.25, 0.3) is 0 Å². The molecular weight excluding hydrogens is 274 g/mol. The van der Waals surface area contributed by atoms with E-state index < -0.39 is 0 Å². The minimum atomic E-state index is -0.0844. The fourth-order valence-electron chi connectivity index (χ4n) is 2.13. The number of thioether (sulfide) groups is 1. The molecule has 1 atom stereocenters. The second kappa shape index (κ2) is 7.88. The third-order valence-electron chi connectivity index (χ3n) is 3.22. The monoisotopic (exact) mass is 301 g/mol. The Morgan fingerprint density at radius 1 is 1.40 bits per heavy atom. The number of nitrogens with two attached hydrogens (primary N) is 1. The normalized spacial score (nSPS) is 19.8. The molecule has 6 heteroatoms. The van der Waals surface area contributed by atoms with E-state index in [-0.39, 0.29) is 22.5 Å². The van der Waals surface area contributed by atoms with Crippen LogP contribution in [0.1, 0.15) is 33.6 Å². The van der Waals surface area contributed by atoms with Gasteiger partial charge in [-0.15, -0.1) is 11.8 Å². The fraction of sp³-hybridized carbons (Fsp3) is 0.857. The van der Waals surface area contributed by atoms with Gasteiger partial charge in [0.1, 0.15) is 0 Å².